The lowest BCUT2D eigenvalue weighted by molar-refractivity contribution is 0.147. The molecule has 4 aromatic rings. The Bertz CT molecular complexity index is 1310. The van der Waals surface area contributed by atoms with Crippen molar-refractivity contribution < 1.29 is 4.74 Å². The number of piperidine rings is 1. The van der Waals surface area contributed by atoms with E-state index >= 15 is 0 Å². The molecule has 0 atom stereocenters. The van der Waals surface area contributed by atoms with Crippen LogP contribution in [0.1, 0.15) is 68.2 Å². The molecule has 1 aliphatic carbocycles. The molecule has 0 amide bonds. The highest BCUT2D eigenvalue weighted by Crippen LogP contribution is 2.41. The van der Waals surface area contributed by atoms with Gasteiger partial charge in [-0.1, -0.05) is 20.3 Å². The van der Waals surface area contributed by atoms with Gasteiger partial charge in [0.1, 0.15) is 17.0 Å². The van der Waals surface area contributed by atoms with E-state index in [1.807, 2.05) is 23.6 Å². The number of aromatic nitrogens is 6. The minimum Gasteiger partial charge on any atom is -0.493 e. The number of nitrogens with one attached hydrogen (secondary N) is 1. The molecule has 0 radical (unpaired) electrons. The first kappa shape index (κ1) is 22.7. The predicted octanol–water partition coefficient (Wildman–Crippen LogP) is 5.35. The molecule has 1 saturated heterocycles. The molecule has 1 saturated carbocycles. The van der Waals surface area contributed by atoms with E-state index in [4.69, 9.17) is 14.8 Å². The normalized spacial score (nSPS) is 17.9. The average Bonchev–Trinajstić information content (AvgIpc) is 3.59. The largest absolute Gasteiger partial charge is 0.493 e. The molecule has 2 aliphatic rings. The maximum Gasteiger partial charge on any atom is 0.197 e. The van der Waals surface area contributed by atoms with Crippen LogP contribution < -0.4 is 4.74 Å². The zero-order chi connectivity index (χ0) is 23.9. The van der Waals surface area contributed by atoms with Crippen LogP contribution in [0.25, 0.3) is 27.6 Å². The summed E-state index contributed by atoms with van der Waals surface area (Å²) in [6.07, 6.45) is 12.4. The SMILES string of the molecule is COc1cc(-c2[nH]nc(-c3ncc(C4CCN(CC5CCC5)CC4)s3)c2C(C)C)cn2ncnc12. The van der Waals surface area contributed by atoms with Crippen molar-refractivity contribution in [1.29, 1.82) is 0 Å². The van der Waals surface area contributed by atoms with Crippen molar-refractivity contribution in [3.8, 4) is 27.7 Å². The zero-order valence-electron chi connectivity index (χ0n) is 20.7. The monoisotopic (exact) mass is 491 g/mol. The lowest BCUT2D eigenvalue weighted by Crippen LogP contribution is -2.38. The van der Waals surface area contributed by atoms with E-state index in [1.54, 1.807) is 11.6 Å². The van der Waals surface area contributed by atoms with Crippen LogP contribution >= 0.6 is 11.3 Å². The second-order valence-electron chi connectivity index (χ2n) is 10.3. The summed E-state index contributed by atoms with van der Waals surface area (Å²) >= 11 is 1.81. The van der Waals surface area contributed by atoms with Gasteiger partial charge in [0.2, 0.25) is 0 Å². The second kappa shape index (κ2) is 9.35. The van der Waals surface area contributed by atoms with E-state index in [9.17, 15) is 0 Å². The Morgan fingerprint density at radius 2 is 2.00 bits per heavy atom. The third-order valence-corrected chi connectivity index (χ3v) is 8.86. The topological polar surface area (TPSA) is 84.2 Å². The Labute approximate surface area is 209 Å². The number of rotatable bonds is 7. The maximum absolute atomic E-state index is 5.58. The van der Waals surface area contributed by atoms with E-state index in [-0.39, 0.29) is 5.92 Å². The molecular formula is C26H33N7OS. The summed E-state index contributed by atoms with van der Waals surface area (Å²) in [5.74, 6) is 2.53. The Morgan fingerprint density at radius 1 is 1.17 bits per heavy atom. The minimum atomic E-state index is 0.276. The predicted molar refractivity (Wildman–Crippen MR) is 138 cm³/mol. The molecule has 9 heteroatoms. The number of thiazole rings is 1. The van der Waals surface area contributed by atoms with Gasteiger partial charge in [-0.3, -0.25) is 5.10 Å². The molecule has 2 fully saturated rings. The summed E-state index contributed by atoms with van der Waals surface area (Å²) < 4.78 is 7.32. The van der Waals surface area contributed by atoms with Crippen molar-refractivity contribution in [3.05, 3.63) is 35.2 Å². The van der Waals surface area contributed by atoms with Gasteiger partial charge in [-0.2, -0.15) is 10.2 Å². The van der Waals surface area contributed by atoms with Crippen LogP contribution in [-0.4, -0.2) is 61.4 Å². The molecule has 1 aliphatic heterocycles. The molecule has 0 aromatic carbocycles. The first-order valence-corrected chi connectivity index (χ1v) is 13.6. The molecule has 6 rings (SSSR count). The van der Waals surface area contributed by atoms with Gasteiger partial charge in [-0.15, -0.1) is 11.3 Å². The number of aromatic amines is 1. The minimum absolute atomic E-state index is 0.276. The van der Waals surface area contributed by atoms with Crippen LogP contribution in [0.2, 0.25) is 0 Å². The third-order valence-electron chi connectivity index (χ3n) is 7.69. The fourth-order valence-electron chi connectivity index (χ4n) is 5.50. The van der Waals surface area contributed by atoms with Crippen LogP contribution in [0.15, 0.2) is 24.8 Å². The van der Waals surface area contributed by atoms with Gasteiger partial charge in [-0.25, -0.2) is 14.5 Å². The van der Waals surface area contributed by atoms with Crippen LogP contribution in [0.5, 0.6) is 5.75 Å². The number of ether oxygens (including phenoxy) is 1. The van der Waals surface area contributed by atoms with E-state index in [0.717, 1.165) is 27.9 Å². The molecule has 35 heavy (non-hydrogen) atoms. The van der Waals surface area contributed by atoms with Crippen molar-refractivity contribution >= 4 is 17.0 Å². The van der Waals surface area contributed by atoms with Crippen LogP contribution in [0.4, 0.5) is 0 Å². The Morgan fingerprint density at radius 3 is 2.71 bits per heavy atom. The van der Waals surface area contributed by atoms with Gasteiger partial charge in [0, 0.05) is 34.9 Å². The first-order chi connectivity index (χ1) is 17.1. The summed E-state index contributed by atoms with van der Waals surface area (Å²) in [5.41, 5.74) is 4.77. The van der Waals surface area contributed by atoms with Gasteiger partial charge < -0.3 is 9.64 Å². The molecule has 8 nitrogen and oxygen atoms in total. The average molecular weight is 492 g/mol. The molecule has 0 spiro atoms. The van der Waals surface area contributed by atoms with E-state index < -0.39 is 0 Å². The summed E-state index contributed by atoms with van der Waals surface area (Å²) in [6.45, 7) is 8.14. The number of pyridine rings is 1. The van der Waals surface area contributed by atoms with Crippen molar-refractivity contribution in [1.82, 2.24) is 34.7 Å². The number of H-pyrrole nitrogens is 1. The summed E-state index contributed by atoms with van der Waals surface area (Å²) in [6, 6.07) is 2.00. The Hall–Kier alpha value is -2.78. The van der Waals surface area contributed by atoms with Crippen molar-refractivity contribution in [2.45, 2.75) is 57.8 Å². The fourth-order valence-corrected chi connectivity index (χ4v) is 6.59. The lowest BCUT2D eigenvalue weighted by atomic mass is 9.84. The summed E-state index contributed by atoms with van der Waals surface area (Å²) in [5, 5.41) is 13.4. The van der Waals surface area contributed by atoms with E-state index in [1.165, 1.54) is 68.5 Å². The molecule has 4 aromatic heterocycles. The van der Waals surface area contributed by atoms with Gasteiger partial charge in [0.15, 0.2) is 11.4 Å². The number of nitrogens with zero attached hydrogens (tertiary/aromatic N) is 6. The highest BCUT2D eigenvalue weighted by Gasteiger charge is 2.28. The molecule has 1 N–H and O–H groups in total. The quantitative estimate of drug-likeness (QED) is 0.375. The summed E-state index contributed by atoms with van der Waals surface area (Å²) in [4.78, 5) is 13.2. The molecular weight excluding hydrogens is 458 g/mol. The Kier molecular flexibility index (Phi) is 6.06. The van der Waals surface area contributed by atoms with Crippen LogP contribution in [0, 0.1) is 5.92 Å². The smallest absolute Gasteiger partial charge is 0.197 e. The van der Waals surface area contributed by atoms with E-state index in [2.05, 4.69) is 40.1 Å². The van der Waals surface area contributed by atoms with E-state index in [0.29, 0.717) is 17.3 Å². The van der Waals surface area contributed by atoms with Gasteiger partial charge in [0.05, 0.1) is 12.8 Å². The lowest BCUT2D eigenvalue weighted by Gasteiger charge is -2.36. The highest BCUT2D eigenvalue weighted by molar-refractivity contribution is 7.15. The number of fused-ring (bicyclic) bond motifs is 1. The van der Waals surface area contributed by atoms with Crippen LogP contribution in [0.3, 0.4) is 0 Å². The highest BCUT2D eigenvalue weighted by atomic mass is 32.1. The number of hydrogen-bond acceptors (Lipinski definition) is 7. The third kappa shape index (κ3) is 4.25. The first-order valence-electron chi connectivity index (χ1n) is 12.7. The standard InChI is InChI=1S/C26H33N7OS/c1-16(2)22-23(19-11-20(34-3)25-28-15-29-33(25)14-19)30-31-24(22)26-27-12-21(35-26)18-7-9-32(10-8-18)13-17-5-4-6-17/h11-12,14-18H,4-10,13H2,1-3H3,(H,30,31). The second-order valence-corrected chi connectivity index (χ2v) is 11.3. The number of methoxy groups -OCH3 is 1. The molecule has 5 heterocycles. The van der Waals surface area contributed by atoms with Gasteiger partial charge >= 0.3 is 0 Å². The van der Waals surface area contributed by atoms with Gasteiger partial charge in [-0.05, 0) is 62.6 Å². The van der Waals surface area contributed by atoms with Gasteiger partial charge in [0.25, 0.3) is 0 Å². The number of hydrogen-bond donors (Lipinski definition) is 1. The van der Waals surface area contributed by atoms with Crippen molar-refractivity contribution in [2.75, 3.05) is 26.7 Å². The number of likely N-dealkylation sites (tertiary alicyclic amines) is 1. The zero-order valence-corrected chi connectivity index (χ0v) is 21.5. The molecule has 0 bridgehead atoms. The van der Waals surface area contributed by atoms with Crippen molar-refractivity contribution in [2.24, 2.45) is 5.92 Å². The maximum atomic E-state index is 5.58. The van der Waals surface area contributed by atoms with Crippen LogP contribution in [-0.2, 0) is 0 Å². The summed E-state index contributed by atoms with van der Waals surface area (Å²) in [7, 11) is 1.66. The van der Waals surface area contributed by atoms with Crippen molar-refractivity contribution in [3.63, 3.8) is 0 Å². The Balaban J connectivity index is 1.25. The molecule has 184 valence electrons. The fraction of sp³-hybridized carbons (Fsp3) is 0.538. The molecule has 0 unspecified atom stereocenters.